The highest BCUT2D eigenvalue weighted by molar-refractivity contribution is 6.99. The van der Waals surface area contributed by atoms with Crippen molar-refractivity contribution in [2.45, 2.75) is 105 Å². The van der Waals surface area contributed by atoms with Crippen LogP contribution in [-0.4, -0.2) is 6.71 Å². The zero-order chi connectivity index (χ0) is 53.8. The minimum absolute atomic E-state index is 0.0113. The van der Waals surface area contributed by atoms with Gasteiger partial charge in [0.2, 0.25) is 0 Å². The standard InChI is InChI=1S/C72H70BN3O/c1-69(2,3)49-31-34-53(35-32-49)75(63-30-22-21-29-58(63)47-25-17-14-18-26-47)54-36-37-60-61(45-54)74-62-39-48(57-28-20-19-27-56(57)46-23-15-13-16-24-46)40-64-66(62)73(60)68-67(59-44-50(70(4,5)6)33-38-65(59)77-68)76(64)55-42-51(71(7,8)9)41-52(43-55)72(10,11)12/h13-45,74H,1-12H3. The normalized spacial score (nSPS) is 13.2. The van der Waals surface area contributed by atoms with Crippen LogP contribution < -0.4 is 31.7 Å². The van der Waals surface area contributed by atoms with Crippen LogP contribution in [0.1, 0.15) is 105 Å². The van der Waals surface area contributed by atoms with Gasteiger partial charge in [-0.15, -0.1) is 0 Å². The molecule has 0 bridgehead atoms. The van der Waals surface area contributed by atoms with E-state index in [0.717, 1.165) is 73.3 Å². The zero-order valence-corrected chi connectivity index (χ0v) is 46.9. The Morgan fingerprint density at radius 3 is 1.57 bits per heavy atom. The Hall–Kier alpha value is -8.02. The summed E-state index contributed by atoms with van der Waals surface area (Å²) in [7, 11) is 0. The third kappa shape index (κ3) is 8.94. The Morgan fingerprint density at radius 1 is 0.429 bits per heavy atom. The van der Waals surface area contributed by atoms with Crippen LogP contribution in [0.25, 0.3) is 44.3 Å². The predicted octanol–water partition coefficient (Wildman–Crippen LogP) is 18.4. The highest BCUT2D eigenvalue weighted by atomic mass is 16.3. The van der Waals surface area contributed by atoms with Crippen molar-refractivity contribution in [2.24, 2.45) is 0 Å². The molecule has 1 aromatic heterocycles. The molecule has 9 aromatic carbocycles. The van der Waals surface area contributed by atoms with Gasteiger partial charge < -0.3 is 19.5 Å². The smallest absolute Gasteiger partial charge is 0.297 e. The highest BCUT2D eigenvalue weighted by Crippen LogP contribution is 2.50. The molecule has 3 heterocycles. The minimum Gasteiger partial charge on any atom is -0.468 e. The molecule has 0 fully saturated rings. The van der Waals surface area contributed by atoms with E-state index in [1.165, 1.54) is 55.4 Å². The summed E-state index contributed by atoms with van der Waals surface area (Å²) in [6.07, 6.45) is 0. The van der Waals surface area contributed by atoms with Crippen molar-refractivity contribution in [3.05, 3.63) is 222 Å². The SMILES string of the molecule is CC(C)(C)c1ccc(N(c2ccc3c(c2)Nc2cc(-c4ccccc4-c4ccccc4)cc4c2B3c2oc3ccc(C(C)(C)C)cc3c2N4c2cc(C(C)(C)C)cc(C(C)(C)C)c2)c2ccccc2-c2ccccc2)cc1. The molecule has 4 nitrogen and oxygen atoms in total. The van der Waals surface area contributed by atoms with Crippen LogP contribution >= 0.6 is 0 Å². The number of fused-ring (bicyclic) bond motifs is 6. The summed E-state index contributed by atoms with van der Waals surface area (Å²) >= 11 is 0. The average Bonchev–Trinajstić information content (AvgIpc) is 4.09. The van der Waals surface area contributed by atoms with Crippen LogP contribution in [-0.2, 0) is 21.7 Å². The highest BCUT2D eigenvalue weighted by Gasteiger charge is 2.46. The van der Waals surface area contributed by atoms with Crippen LogP contribution in [0.5, 0.6) is 0 Å². The van der Waals surface area contributed by atoms with E-state index in [1.54, 1.807) is 0 Å². The second-order valence-electron chi connectivity index (χ2n) is 25.6. The fraction of sp³-hybridized carbons (Fsp3) is 0.222. The Bertz CT molecular complexity index is 3850. The lowest BCUT2D eigenvalue weighted by Gasteiger charge is -2.40. The molecular weight excluding hydrogens is 934 g/mol. The van der Waals surface area contributed by atoms with Gasteiger partial charge in [0.1, 0.15) is 5.58 Å². The number of nitrogens with one attached hydrogen (secondary N) is 1. The van der Waals surface area contributed by atoms with Gasteiger partial charge in [-0.3, -0.25) is 0 Å². The van der Waals surface area contributed by atoms with Gasteiger partial charge in [-0.05, 0) is 149 Å². The van der Waals surface area contributed by atoms with Gasteiger partial charge in [0.15, 0.2) is 0 Å². The van der Waals surface area contributed by atoms with E-state index in [4.69, 9.17) is 4.42 Å². The molecule has 0 saturated carbocycles. The van der Waals surface area contributed by atoms with Gasteiger partial charge in [0.05, 0.1) is 17.0 Å². The van der Waals surface area contributed by atoms with Crippen molar-refractivity contribution in [3.8, 4) is 33.4 Å². The molecule has 0 radical (unpaired) electrons. The van der Waals surface area contributed by atoms with Crippen molar-refractivity contribution >= 4 is 79.8 Å². The third-order valence-corrected chi connectivity index (χ3v) is 16.1. The van der Waals surface area contributed by atoms with Gasteiger partial charge in [0.25, 0.3) is 6.71 Å². The van der Waals surface area contributed by atoms with E-state index in [-0.39, 0.29) is 28.4 Å². The van der Waals surface area contributed by atoms with Crippen LogP contribution in [0.2, 0.25) is 0 Å². The van der Waals surface area contributed by atoms with Gasteiger partial charge >= 0.3 is 0 Å². The fourth-order valence-electron chi connectivity index (χ4n) is 11.7. The first-order chi connectivity index (χ1) is 36.7. The van der Waals surface area contributed by atoms with Gasteiger partial charge in [-0.2, -0.15) is 0 Å². The molecule has 0 unspecified atom stereocenters. The molecular formula is C72H70BN3O. The maximum absolute atomic E-state index is 7.44. The van der Waals surface area contributed by atoms with Crippen molar-refractivity contribution in [1.29, 1.82) is 0 Å². The third-order valence-electron chi connectivity index (χ3n) is 16.1. The van der Waals surface area contributed by atoms with E-state index in [2.05, 4.69) is 298 Å². The topological polar surface area (TPSA) is 31.6 Å². The molecule has 0 atom stereocenters. The summed E-state index contributed by atoms with van der Waals surface area (Å²) < 4.78 is 7.44. The maximum atomic E-state index is 7.44. The molecule has 382 valence electrons. The Labute approximate surface area is 457 Å². The summed E-state index contributed by atoms with van der Waals surface area (Å²) in [4.78, 5) is 5.00. The van der Waals surface area contributed by atoms with E-state index >= 15 is 0 Å². The summed E-state index contributed by atoms with van der Waals surface area (Å²) in [5.41, 5.74) is 24.9. The minimum atomic E-state index is -0.218. The molecule has 2 aliphatic heterocycles. The molecule has 0 spiro atoms. The lowest BCUT2D eigenvalue weighted by molar-refractivity contribution is 0.568. The van der Waals surface area contributed by atoms with E-state index in [9.17, 15) is 0 Å². The number of para-hydroxylation sites is 1. The number of anilines is 8. The molecule has 0 aliphatic carbocycles. The first-order valence-corrected chi connectivity index (χ1v) is 27.5. The summed E-state index contributed by atoms with van der Waals surface area (Å²) in [6, 6.07) is 74.5. The molecule has 0 saturated heterocycles. The Morgan fingerprint density at radius 2 is 0.961 bits per heavy atom. The lowest BCUT2D eigenvalue weighted by Crippen LogP contribution is -2.59. The van der Waals surface area contributed by atoms with Crippen molar-refractivity contribution in [3.63, 3.8) is 0 Å². The average molecular weight is 1000 g/mol. The quantitative estimate of drug-likeness (QED) is 0.161. The van der Waals surface area contributed by atoms with E-state index in [1.807, 2.05) is 0 Å². The summed E-state index contributed by atoms with van der Waals surface area (Å²) in [5, 5.41) is 5.28. The largest absolute Gasteiger partial charge is 0.468 e. The summed E-state index contributed by atoms with van der Waals surface area (Å²) in [5.74, 6) is 0. The van der Waals surface area contributed by atoms with Gasteiger partial charge in [-0.25, -0.2) is 0 Å². The van der Waals surface area contributed by atoms with Crippen molar-refractivity contribution in [1.82, 2.24) is 0 Å². The van der Waals surface area contributed by atoms with E-state index in [0.29, 0.717) is 0 Å². The lowest BCUT2D eigenvalue weighted by atomic mass is 9.35. The zero-order valence-electron chi connectivity index (χ0n) is 46.9. The number of nitrogens with zero attached hydrogens (tertiary/aromatic N) is 2. The van der Waals surface area contributed by atoms with Crippen LogP contribution in [0, 0.1) is 0 Å². The fourth-order valence-corrected chi connectivity index (χ4v) is 11.7. The molecule has 10 aromatic rings. The van der Waals surface area contributed by atoms with Gasteiger partial charge in [0, 0.05) is 45.1 Å². The van der Waals surface area contributed by atoms with Crippen LogP contribution in [0.15, 0.2) is 205 Å². The molecule has 77 heavy (non-hydrogen) atoms. The first kappa shape index (κ1) is 49.8. The van der Waals surface area contributed by atoms with Crippen LogP contribution in [0.3, 0.4) is 0 Å². The molecule has 1 N–H and O–H groups in total. The first-order valence-electron chi connectivity index (χ1n) is 27.5. The molecule has 2 aliphatic rings. The number of hydrogen-bond donors (Lipinski definition) is 1. The number of benzene rings is 9. The molecule has 12 rings (SSSR count). The molecule has 5 heteroatoms. The second-order valence-corrected chi connectivity index (χ2v) is 25.6. The number of hydrogen-bond acceptors (Lipinski definition) is 4. The Kier molecular flexibility index (Phi) is 11.9. The second kappa shape index (κ2) is 18.3. The van der Waals surface area contributed by atoms with E-state index < -0.39 is 0 Å². The Balaban J connectivity index is 1.15. The van der Waals surface area contributed by atoms with Gasteiger partial charge in [-0.1, -0.05) is 217 Å². The number of rotatable bonds is 7. The predicted molar refractivity (Wildman–Crippen MR) is 331 cm³/mol. The van der Waals surface area contributed by atoms with Crippen molar-refractivity contribution < 1.29 is 4.42 Å². The van der Waals surface area contributed by atoms with Crippen LogP contribution in [0.4, 0.5) is 45.5 Å². The number of furan rings is 1. The molecule has 0 amide bonds. The summed E-state index contributed by atoms with van der Waals surface area (Å²) in [6.45, 7) is 27.5. The van der Waals surface area contributed by atoms with Crippen molar-refractivity contribution in [2.75, 3.05) is 15.1 Å². The monoisotopic (exact) mass is 1000 g/mol. The maximum Gasteiger partial charge on any atom is 0.297 e.